The molecule has 27 heteroatoms. The second-order valence-electron chi connectivity index (χ2n) is 31.5. The van der Waals surface area contributed by atoms with Crippen molar-refractivity contribution in [3.63, 3.8) is 0 Å². The van der Waals surface area contributed by atoms with Crippen LogP contribution in [0.25, 0.3) is 0 Å². The number of carbonyl (C=O) groups excluding carboxylic acids is 9. The molecule has 2 aromatic rings. The third-order valence-corrected chi connectivity index (χ3v) is 19.0. The van der Waals surface area contributed by atoms with Crippen molar-refractivity contribution in [2.75, 3.05) is 26.2 Å². The molecule has 13 N–H and O–H groups in total. The molecule has 0 bridgehead atoms. The number of phenolic OH excluding ortho intramolecular Hbond substituents is 1. The lowest BCUT2D eigenvalue weighted by Crippen LogP contribution is -2.48. The fraction of sp³-hybridized carbons (Fsp3) is 0.750. The fourth-order valence-electron chi connectivity index (χ4n) is 11.0. The largest absolute Gasteiger partial charge is 0.508 e. The van der Waals surface area contributed by atoms with Crippen LogP contribution in [0.1, 0.15) is 264 Å². The third kappa shape index (κ3) is 48.1. The zero-order valence-electron chi connectivity index (χ0n) is 70.1. The van der Waals surface area contributed by atoms with E-state index in [1.54, 1.807) is 58.9 Å². The van der Waals surface area contributed by atoms with Crippen molar-refractivity contribution < 1.29 is 112 Å². The van der Waals surface area contributed by atoms with Crippen LogP contribution in [-0.4, -0.2) is 200 Å². The highest BCUT2D eigenvalue weighted by atomic mass is 16.7. The van der Waals surface area contributed by atoms with Gasteiger partial charge in [0.05, 0.1) is 61.0 Å². The van der Waals surface area contributed by atoms with Gasteiger partial charge in [0.25, 0.3) is 0 Å². The Morgan fingerprint density at radius 1 is 0.423 bits per heavy atom. The summed E-state index contributed by atoms with van der Waals surface area (Å²) in [4.78, 5) is 102. The summed E-state index contributed by atoms with van der Waals surface area (Å²) in [6, 6.07) is 14.7. The van der Waals surface area contributed by atoms with Crippen LogP contribution in [0.15, 0.2) is 54.6 Å². The Balaban J connectivity index is 0.00000132. The monoisotopic (exact) mass is 1580 g/mol. The molecule has 0 spiro atoms. The number of nitrogens with two attached hydrogens (primary N) is 1. The van der Waals surface area contributed by atoms with Gasteiger partial charge >= 0.3 is 6.03 Å². The van der Waals surface area contributed by atoms with Gasteiger partial charge in [0.2, 0.25) is 11.8 Å². The molecule has 3 saturated heterocycles. The number of aromatic hydroxyl groups is 1. The Morgan fingerprint density at radius 3 is 1.18 bits per heavy atom. The van der Waals surface area contributed by atoms with Gasteiger partial charge in [0, 0.05) is 131 Å². The van der Waals surface area contributed by atoms with Crippen LogP contribution in [0.3, 0.4) is 0 Å². The van der Waals surface area contributed by atoms with Gasteiger partial charge in [-0.15, -0.1) is 0 Å². The van der Waals surface area contributed by atoms with Gasteiger partial charge in [-0.3, -0.25) is 38.4 Å². The summed E-state index contributed by atoms with van der Waals surface area (Å²) in [5.41, 5.74) is 6.23. The molecule has 17 atom stereocenters. The molecule has 3 fully saturated rings. The number of rotatable bonds is 40. The normalized spacial score (nSPS) is 22.8. The topological polar surface area (TPSA) is 433 Å². The summed E-state index contributed by atoms with van der Waals surface area (Å²) in [6.07, 6.45) is 2.41. The van der Waals surface area contributed by atoms with Gasteiger partial charge in [-0.25, -0.2) is 4.79 Å². The molecule has 9 unspecified atom stereocenters. The number of hydrogen-bond acceptors (Lipinski definition) is 23. The molecule has 3 aliphatic rings. The molecule has 111 heavy (non-hydrogen) atoms. The number of aliphatic hydroxyl groups excluding tert-OH is 7. The average Bonchev–Trinajstić information content (AvgIpc) is 0.869. The molecular weight excluding hydrogens is 1430 g/mol. The Labute approximate surface area is 661 Å². The summed E-state index contributed by atoms with van der Waals surface area (Å²) in [5.74, 6) is 1.11. The van der Waals surface area contributed by atoms with E-state index in [-0.39, 0.29) is 176 Å². The fourth-order valence-corrected chi connectivity index (χ4v) is 11.0. The van der Waals surface area contributed by atoms with Crippen LogP contribution in [0, 0.1) is 47.3 Å². The quantitative estimate of drug-likeness (QED) is 0.0276. The minimum absolute atomic E-state index is 0.00896. The number of unbranched alkanes of at least 4 members (excludes halogenated alkanes) is 2. The lowest BCUT2D eigenvalue weighted by atomic mass is 9.97. The van der Waals surface area contributed by atoms with Crippen LogP contribution in [0.2, 0.25) is 0 Å². The zero-order chi connectivity index (χ0) is 84.8. The number of ketones is 6. The first kappa shape index (κ1) is 105. The second kappa shape index (κ2) is 57.9. The number of aliphatic hydroxyl groups is 7. The van der Waals surface area contributed by atoms with Gasteiger partial charge in [-0.05, 0) is 103 Å². The number of urea groups is 1. The highest BCUT2D eigenvalue weighted by molar-refractivity contribution is 5.87. The number of hydrogen-bond donors (Lipinski definition) is 12. The number of ether oxygens (including phenoxy) is 6. The number of carbonyl (C=O) groups is 9. The van der Waals surface area contributed by atoms with Crippen molar-refractivity contribution in [1.82, 2.24) is 16.0 Å². The number of nitrogens with one attached hydrogen (secondary N) is 3. The van der Waals surface area contributed by atoms with Crippen molar-refractivity contribution in [1.29, 1.82) is 0 Å². The summed E-state index contributed by atoms with van der Waals surface area (Å²) in [5, 5.41) is 85.0. The third-order valence-electron chi connectivity index (χ3n) is 19.0. The number of phenols is 1. The van der Waals surface area contributed by atoms with E-state index >= 15 is 0 Å². The van der Waals surface area contributed by atoms with Crippen LogP contribution >= 0.6 is 0 Å². The van der Waals surface area contributed by atoms with Crippen LogP contribution in [-0.2, 0) is 66.8 Å². The van der Waals surface area contributed by atoms with Crippen molar-refractivity contribution in [3.8, 4) is 5.75 Å². The maximum Gasteiger partial charge on any atom is 0.312 e. The molecular formula is C84H144N4O23. The van der Waals surface area contributed by atoms with E-state index in [0.717, 1.165) is 56.9 Å². The molecule has 0 aliphatic carbocycles. The van der Waals surface area contributed by atoms with Crippen LogP contribution < -0.4 is 21.7 Å². The summed E-state index contributed by atoms with van der Waals surface area (Å²) >= 11 is 0. The molecule has 2 aromatic carbocycles. The summed E-state index contributed by atoms with van der Waals surface area (Å²) in [7, 11) is 0. The second-order valence-corrected chi connectivity index (χ2v) is 31.5. The average molecular weight is 1580 g/mol. The first-order valence-electron chi connectivity index (χ1n) is 40.1. The molecule has 4 amide bonds. The van der Waals surface area contributed by atoms with Gasteiger partial charge in [0.15, 0.2) is 18.9 Å². The number of amides is 4. The number of benzene rings is 2. The molecule has 0 aromatic heterocycles. The van der Waals surface area contributed by atoms with Crippen molar-refractivity contribution in [2.24, 2.45) is 53.1 Å². The highest BCUT2D eigenvalue weighted by Gasteiger charge is 2.37. The minimum atomic E-state index is -0.833. The molecule has 27 nitrogen and oxygen atoms in total. The maximum atomic E-state index is 11.5. The van der Waals surface area contributed by atoms with Crippen LogP contribution in [0.4, 0.5) is 4.79 Å². The zero-order valence-corrected chi connectivity index (χ0v) is 70.1. The van der Waals surface area contributed by atoms with Crippen molar-refractivity contribution in [3.05, 3.63) is 65.7 Å². The smallest absolute Gasteiger partial charge is 0.312 e. The van der Waals surface area contributed by atoms with E-state index in [0.29, 0.717) is 49.5 Å². The van der Waals surface area contributed by atoms with Crippen molar-refractivity contribution in [2.45, 2.75) is 333 Å². The Kier molecular flexibility index (Phi) is 54.7. The maximum absolute atomic E-state index is 11.5. The summed E-state index contributed by atoms with van der Waals surface area (Å²) in [6.45, 7) is 36.7. The molecule has 5 rings (SSSR count). The SMILES string of the molecule is CC(C)C(=O)C(C)CNC(N)=O.CC(C)C(=O)CCC(=O)NCC(O)c1ccc(O)cc1.CC(C)C(=O)CCC(=O)NCC(O)c1ccccc1.CC(C)C(=O)CCCCO[C@@H]1OC(C)[C@H](O)CC1C.CC(C)C(=O)CCCC[C@@H](C)O[C@@H]1OC(C)[C@H](O)CC1O.CC(C)C(=O)CCC[C@@H](C)O[C@@H]1OC(C)[C@H](O)CC1O. The standard InChI is InChI=1S/C16H30O5.C15H21NO4.C15H21NO3.C15H28O5.C15H28O4.C8H16N2O2/c1-10(2)13(17)8-6-5-7-11(3)20-16-15(19)9-14(18)12(4)21-16;1-10(2)13(18)7-8-15(20)16-9-14(19)11-3-5-12(17)6-4-11;1-11(2)13(17)8-9-15(19)16-10-14(18)12-6-4-3-5-7-12;1-9(2)12(16)7-5-6-10(3)19-15-14(18)8-13(17)11(4)20-15;1-10(2)13(16)7-5-6-8-18-15-11(3)9-14(17)12(4)19-15;1-5(2)7(11)6(3)4-10-8(9)12/h10-12,14-16,18-19H,5-9H2,1-4H3;3-6,10,14,17,19H,7-9H2,1-2H3,(H,16,20);3-7,11,14,18H,8-10H2,1-2H3,(H,16,19);9-11,13-15,17-18H,5-8H2,1-4H3;10-12,14-15,17H,5-9H2,1-4H3;5-6H,4H2,1-3H3,(H3,9,10,12)/t11-,12?,14-,15?,16-;;;10-,11?,13-,14?,15-;11?,12?,14-,15-;/m1..11./s1. The Hall–Kier alpha value is -6.05. The van der Waals surface area contributed by atoms with Gasteiger partial charge < -0.3 is 91.0 Å². The predicted octanol–water partition coefficient (Wildman–Crippen LogP) is 10.1. The lowest BCUT2D eigenvalue weighted by molar-refractivity contribution is -0.273. The lowest BCUT2D eigenvalue weighted by Gasteiger charge is -2.36. The first-order valence-corrected chi connectivity index (χ1v) is 40.1. The van der Waals surface area contributed by atoms with Gasteiger partial charge in [-0.1, -0.05) is 146 Å². The van der Waals surface area contributed by atoms with E-state index in [4.69, 9.17) is 39.3 Å². The summed E-state index contributed by atoms with van der Waals surface area (Å²) < 4.78 is 33.7. The van der Waals surface area contributed by atoms with E-state index in [2.05, 4.69) is 16.0 Å². The van der Waals surface area contributed by atoms with E-state index < -0.39 is 61.3 Å². The molecule has 638 valence electrons. The van der Waals surface area contributed by atoms with E-state index in [1.807, 2.05) is 115 Å². The Morgan fingerprint density at radius 2 is 0.784 bits per heavy atom. The van der Waals surface area contributed by atoms with E-state index in [1.165, 1.54) is 12.1 Å². The Bertz CT molecular complexity index is 2930. The highest BCUT2D eigenvalue weighted by Crippen LogP contribution is 2.28. The molecule has 0 radical (unpaired) electrons. The first-order chi connectivity index (χ1) is 51.9. The van der Waals surface area contributed by atoms with Gasteiger partial charge in [-0.2, -0.15) is 0 Å². The number of Topliss-reactive ketones (excluding diaryl/α,β-unsaturated/α-hetero) is 6. The van der Waals surface area contributed by atoms with E-state index in [9.17, 15) is 78.9 Å². The molecule has 0 saturated carbocycles. The predicted molar refractivity (Wildman–Crippen MR) is 424 cm³/mol. The molecule has 3 aliphatic heterocycles. The van der Waals surface area contributed by atoms with Crippen molar-refractivity contribution >= 4 is 52.5 Å². The van der Waals surface area contributed by atoms with Crippen LogP contribution in [0.5, 0.6) is 5.75 Å². The minimum Gasteiger partial charge on any atom is -0.508 e. The van der Waals surface area contributed by atoms with Gasteiger partial charge in [0.1, 0.15) is 52.7 Å². The molecule has 3 heterocycles. The number of primary amides is 1.